The number of amides is 2. The molecule has 1 atom stereocenters. The molecular formula is C19H22INO6S. The summed E-state index contributed by atoms with van der Waals surface area (Å²) in [6.07, 6.45) is 2.00. The Morgan fingerprint density at radius 2 is 2.04 bits per heavy atom. The van der Waals surface area contributed by atoms with Crippen LogP contribution in [0, 0.1) is 3.57 Å². The minimum atomic E-state index is -0.601. The van der Waals surface area contributed by atoms with Gasteiger partial charge in [0.05, 0.1) is 28.3 Å². The third-order valence-corrected chi connectivity index (χ3v) is 5.61. The minimum Gasteiger partial charge on any atom is -0.492 e. The molecule has 9 heteroatoms. The van der Waals surface area contributed by atoms with E-state index in [1.165, 1.54) is 0 Å². The van der Waals surface area contributed by atoms with Crippen molar-refractivity contribution in [2.45, 2.75) is 33.3 Å². The Morgan fingerprint density at radius 1 is 1.32 bits per heavy atom. The van der Waals surface area contributed by atoms with Gasteiger partial charge in [0, 0.05) is 0 Å². The summed E-state index contributed by atoms with van der Waals surface area (Å²) in [4.78, 5) is 37.8. The maximum atomic E-state index is 12.6. The third-order valence-electron chi connectivity index (χ3n) is 3.90. The van der Waals surface area contributed by atoms with Gasteiger partial charge in [0.15, 0.2) is 11.5 Å². The second kappa shape index (κ2) is 10.1. The highest BCUT2D eigenvalue weighted by molar-refractivity contribution is 14.1. The van der Waals surface area contributed by atoms with Crippen LogP contribution in [0.5, 0.6) is 11.5 Å². The number of ether oxygens (including phenoxy) is 3. The topological polar surface area (TPSA) is 82.1 Å². The Balaban J connectivity index is 2.22. The zero-order valence-electron chi connectivity index (χ0n) is 16.1. The van der Waals surface area contributed by atoms with Gasteiger partial charge in [-0.2, -0.15) is 0 Å². The van der Waals surface area contributed by atoms with E-state index in [1.54, 1.807) is 26.2 Å². The molecule has 0 radical (unpaired) electrons. The maximum absolute atomic E-state index is 12.6. The average Bonchev–Trinajstić information content (AvgIpc) is 2.89. The molecule has 1 saturated heterocycles. The second-order valence-electron chi connectivity index (χ2n) is 5.94. The number of imide groups is 1. The molecule has 1 aromatic rings. The highest BCUT2D eigenvalue weighted by Crippen LogP contribution is 2.37. The molecule has 0 unspecified atom stereocenters. The van der Waals surface area contributed by atoms with Gasteiger partial charge in [-0.05, 0) is 78.4 Å². The fraction of sp³-hybridized carbons (Fsp3) is 0.421. The van der Waals surface area contributed by atoms with Crippen molar-refractivity contribution in [3.8, 4) is 11.5 Å². The van der Waals surface area contributed by atoms with Crippen molar-refractivity contribution < 1.29 is 28.6 Å². The van der Waals surface area contributed by atoms with Crippen LogP contribution in [0.1, 0.15) is 32.8 Å². The molecule has 2 rings (SSSR count). The van der Waals surface area contributed by atoms with E-state index >= 15 is 0 Å². The van der Waals surface area contributed by atoms with Crippen LogP contribution in [0.3, 0.4) is 0 Å². The van der Waals surface area contributed by atoms with E-state index in [2.05, 4.69) is 22.6 Å². The number of hydrogen-bond donors (Lipinski definition) is 0. The summed E-state index contributed by atoms with van der Waals surface area (Å²) in [5.41, 5.74) is 0.696. The quantitative estimate of drug-likeness (QED) is 0.291. The Bertz CT molecular complexity index is 810. The van der Waals surface area contributed by atoms with Gasteiger partial charge in [-0.3, -0.25) is 19.3 Å². The summed E-state index contributed by atoms with van der Waals surface area (Å²) < 4.78 is 16.9. The normalized spacial score (nSPS) is 16.5. The molecule has 7 nitrogen and oxygen atoms in total. The average molecular weight is 519 g/mol. The zero-order valence-corrected chi connectivity index (χ0v) is 19.1. The Kier molecular flexibility index (Phi) is 8.17. The number of methoxy groups -OCH3 is 1. The van der Waals surface area contributed by atoms with Gasteiger partial charge < -0.3 is 14.2 Å². The first kappa shape index (κ1) is 22.5. The molecule has 0 N–H and O–H groups in total. The molecular weight excluding hydrogens is 497 g/mol. The van der Waals surface area contributed by atoms with E-state index in [1.807, 2.05) is 19.9 Å². The number of benzene rings is 1. The number of halogens is 1. The predicted octanol–water partition coefficient (Wildman–Crippen LogP) is 4.08. The monoisotopic (exact) mass is 519 g/mol. The lowest BCUT2D eigenvalue weighted by Gasteiger charge is -2.15. The third kappa shape index (κ3) is 5.40. The van der Waals surface area contributed by atoms with Crippen molar-refractivity contribution in [2.75, 3.05) is 20.3 Å². The molecule has 1 heterocycles. The smallest absolute Gasteiger partial charge is 0.326 e. The summed E-state index contributed by atoms with van der Waals surface area (Å²) in [6.45, 7) is 5.57. The first-order chi connectivity index (χ1) is 13.3. The number of nitrogens with zero attached hydrogens (tertiary/aromatic N) is 1. The first-order valence-corrected chi connectivity index (χ1v) is 10.6. The summed E-state index contributed by atoms with van der Waals surface area (Å²) in [5, 5.41) is -0.495. The fourth-order valence-electron chi connectivity index (χ4n) is 2.39. The van der Waals surface area contributed by atoms with Crippen molar-refractivity contribution in [3.05, 3.63) is 26.2 Å². The summed E-state index contributed by atoms with van der Waals surface area (Å²) >= 11 is 2.91. The molecule has 0 spiro atoms. The van der Waals surface area contributed by atoms with Crippen LogP contribution in [0.15, 0.2) is 17.0 Å². The molecule has 28 heavy (non-hydrogen) atoms. The molecule has 0 aliphatic carbocycles. The van der Waals surface area contributed by atoms with Crippen LogP contribution < -0.4 is 9.47 Å². The fourth-order valence-corrected chi connectivity index (χ4v) is 4.08. The maximum Gasteiger partial charge on any atom is 0.326 e. The number of thioether (sulfide) groups is 1. The number of esters is 1. The molecule has 152 valence electrons. The van der Waals surface area contributed by atoms with Gasteiger partial charge in [-0.15, -0.1) is 0 Å². The van der Waals surface area contributed by atoms with Crippen molar-refractivity contribution >= 4 is 57.5 Å². The van der Waals surface area contributed by atoms with Crippen molar-refractivity contribution in [1.29, 1.82) is 0 Å². The van der Waals surface area contributed by atoms with E-state index in [4.69, 9.17) is 14.2 Å². The van der Waals surface area contributed by atoms with Crippen LogP contribution in [0.4, 0.5) is 4.79 Å². The zero-order chi connectivity index (χ0) is 20.8. The highest BCUT2D eigenvalue weighted by Gasteiger charge is 2.37. The van der Waals surface area contributed by atoms with E-state index in [-0.39, 0.29) is 11.0 Å². The molecule has 2 amide bonds. The lowest BCUT2D eigenvalue weighted by molar-refractivity contribution is -0.150. The summed E-state index contributed by atoms with van der Waals surface area (Å²) in [7, 11) is 1.56. The van der Waals surface area contributed by atoms with Gasteiger partial charge in [-0.1, -0.05) is 6.92 Å². The Morgan fingerprint density at radius 3 is 2.64 bits per heavy atom. The molecule has 1 aliphatic rings. The van der Waals surface area contributed by atoms with Gasteiger partial charge in [0.1, 0.15) is 6.54 Å². The summed E-state index contributed by atoms with van der Waals surface area (Å²) in [5.74, 6) is 0.0513. The number of carbonyl (C=O) groups is 3. The minimum absolute atomic E-state index is 0.241. The van der Waals surface area contributed by atoms with Crippen molar-refractivity contribution in [2.24, 2.45) is 0 Å². The van der Waals surface area contributed by atoms with Gasteiger partial charge in [0.25, 0.3) is 11.1 Å². The largest absolute Gasteiger partial charge is 0.492 e. The Hall–Kier alpha value is -1.75. The van der Waals surface area contributed by atoms with E-state index in [9.17, 15) is 14.4 Å². The van der Waals surface area contributed by atoms with Crippen LogP contribution in [-0.2, 0) is 14.3 Å². The van der Waals surface area contributed by atoms with E-state index in [0.29, 0.717) is 30.1 Å². The summed E-state index contributed by atoms with van der Waals surface area (Å²) in [6, 6.07) is 3.57. The molecule has 1 aromatic carbocycles. The highest BCUT2D eigenvalue weighted by atomic mass is 127. The molecule has 1 fully saturated rings. The number of rotatable bonds is 8. The first-order valence-electron chi connectivity index (χ1n) is 8.75. The van der Waals surface area contributed by atoms with Gasteiger partial charge in [0.2, 0.25) is 0 Å². The van der Waals surface area contributed by atoms with Gasteiger partial charge in [-0.25, -0.2) is 0 Å². The van der Waals surface area contributed by atoms with Crippen LogP contribution >= 0.6 is 34.4 Å². The Labute approximate surface area is 181 Å². The molecule has 1 aliphatic heterocycles. The number of carbonyl (C=O) groups excluding carboxylic acids is 3. The SMILES string of the molecule is CCOc1cc(/C=C2/SC(=O)N(CC(=O)O[C@H](C)CC)C2=O)cc(I)c1OC. The molecule has 0 saturated carbocycles. The lowest BCUT2D eigenvalue weighted by atomic mass is 10.2. The predicted molar refractivity (Wildman–Crippen MR) is 115 cm³/mol. The van der Waals surface area contributed by atoms with Crippen LogP contribution in [-0.4, -0.2) is 48.4 Å². The molecule has 0 aromatic heterocycles. The van der Waals surface area contributed by atoms with Crippen LogP contribution in [0.25, 0.3) is 6.08 Å². The lowest BCUT2D eigenvalue weighted by Crippen LogP contribution is -2.35. The standard InChI is InChI=1S/C19H22INO6S/c1-5-11(3)27-16(22)10-21-18(23)15(28-19(21)24)9-12-7-13(20)17(25-4)14(8-12)26-6-2/h7-9,11H,5-6,10H2,1-4H3/b15-9+/t11-/m1/s1. The van der Waals surface area contributed by atoms with Crippen molar-refractivity contribution in [1.82, 2.24) is 4.90 Å². The number of hydrogen-bond acceptors (Lipinski definition) is 7. The van der Waals surface area contributed by atoms with Crippen molar-refractivity contribution in [3.63, 3.8) is 0 Å². The van der Waals surface area contributed by atoms with E-state index < -0.39 is 23.7 Å². The van der Waals surface area contributed by atoms with Gasteiger partial charge >= 0.3 is 5.97 Å². The van der Waals surface area contributed by atoms with E-state index in [0.717, 1.165) is 20.2 Å². The second-order valence-corrected chi connectivity index (χ2v) is 8.10. The van der Waals surface area contributed by atoms with Crippen LogP contribution in [0.2, 0.25) is 0 Å². The molecule has 0 bridgehead atoms.